The molecule has 7 heteroatoms. The van der Waals surface area contributed by atoms with Crippen molar-refractivity contribution in [1.82, 2.24) is 13.6 Å². The van der Waals surface area contributed by atoms with Crippen LogP contribution in [0.1, 0.15) is 16.1 Å². The van der Waals surface area contributed by atoms with E-state index >= 15 is 0 Å². The first-order chi connectivity index (χ1) is 9.56. The molecule has 1 aromatic heterocycles. The van der Waals surface area contributed by atoms with E-state index < -0.39 is 0 Å². The first kappa shape index (κ1) is 14.1. The molecule has 0 atom stereocenters. The van der Waals surface area contributed by atoms with E-state index in [0.717, 1.165) is 17.3 Å². The van der Waals surface area contributed by atoms with Gasteiger partial charge in [-0.15, -0.1) is 0 Å². The van der Waals surface area contributed by atoms with Crippen LogP contribution >= 0.6 is 11.7 Å². The minimum absolute atomic E-state index is 0.0375. The Kier molecular flexibility index (Phi) is 4.41. The van der Waals surface area contributed by atoms with Gasteiger partial charge < -0.3 is 10.2 Å². The number of anilines is 1. The number of benzene rings is 1. The molecular formula is C13H14N4O2S. The van der Waals surface area contributed by atoms with Gasteiger partial charge in [0.15, 0.2) is 5.69 Å². The first-order valence-electron chi connectivity index (χ1n) is 5.96. The van der Waals surface area contributed by atoms with Crippen LogP contribution in [0.15, 0.2) is 30.5 Å². The van der Waals surface area contributed by atoms with E-state index in [9.17, 15) is 9.59 Å². The maximum Gasteiger partial charge on any atom is 0.275 e. The average Bonchev–Trinajstić information content (AvgIpc) is 2.94. The highest BCUT2D eigenvalue weighted by atomic mass is 32.1. The molecule has 0 saturated heterocycles. The molecule has 6 nitrogen and oxygen atoms in total. The Morgan fingerprint density at radius 1 is 1.30 bits per heavy atom. The Morgan fingerprint density at radius 2 is 2.00 bits per heavy atom. The van der Waals surface area contributed by atoms with Crippen molar-refractivity contribution in [2.75, 3.05) is 18.9 Å². The number of likely N-dealkylation sites (N-methyl/N-ethyl adjacent to an activating group) is 1. The third kappa shape index (κ3) is 3.61. The van der Waals surface area contributed by atoms with Crippen LogP contribution in [-0.4, -0.2) is 39.1 Å². The minimum atomic E-state index is -0.321. The van der Waals surface area contributed by atoms with Gasteiger partial charge in [0.25, 0.3) is 5.91 Å². The van der Waals surface area contributed by atoms with Crippen LogP contribution in [-0.2, 0) is 4.79 Å². The summed E-state index contributed by atoms with van der Waals surface area (Å²) in [6.07, 6.45) is 1.39. The van der Waals surface area contributed by atoms with Crippen molar-refractivity contribution < 1.29 is 9.59 Å². The van der Waals surface area contributed by atoms with Crippen LogP contribution in [0, 0.1) is 6.92 Å². The summed E-state index contributed by atoms with van der Waals surface area (Å²) in [6.45, 7) is 1.93. The zero-order valence-corrected chi connectivity index (χ0v) is 12.0. The molecule has 0 bridgehead atoms. The fourth-order valence-corrected chi connectivity index (χ4v) is 1.99. The molecule has 20 heavy (non-hydrogen) atoms. The summed E-state index contributed by atoms with van der Waals surface area (Å²) in [4.78, 5) is 25.0. The molecule has 0 aliphatic carbocycles. The van der Waals surface area contributed by atoms with Gasteiger partial charge in [-0.2, -0.15) is 8.75 Å². The van der Waals surface area contributed by atoms with Crippen molar-refractivity contribution in [3.8, 4) is 0 Å². The second kappa shape index (κ2) is 6.25. The summed E-state index contributed by atoms with van der Waals surface area (Å²) in [5, 5.41) is 2.73. The van der Waals surface area contributed by atoms with Crippen molar-refractivity contribution >= 4 is 29.2 Å². The van der Waals surface area contributed by atoms with Crippen molar-refractivity contribution in [1.29, 1.82) is 0 Å². The van der Waals surface area contributed by atoms with E-state index in [1.54, 1.807) is 7.05 Å². The molecule has 0 spiro atoms. The van der Waals surface area contributed by atoms with Gasteiger partial charge in [0.2, 0.25) is 5.91 Å². The Bertz CT molecular complexity index is 595. The molecule has 0 fully saturated rings. The second-order valence-electron chi connectivity index (χ2n) is 4.37. The van der Waals surface area contributed by atoms with Gasteiger partial charge in [0, 0.05) is 12.7 Å². The molecule has 0 unspecified atom stereocenters. The van der Waals surface area contributed by atoms with Crippen molar-refractivity contribution in [2.24, 2.45) is 0 Å². The quantitative estimate of drug-likeness (QED) is 0.927. The molecular weight excluding hydrogens is 276 g/mol. The number of carbonyl (C=O) groups is 2. The van der Waals surface area contributed by atoms with E-state index in [-0.39, 0.29) is 24.1 Å². The van der Waals surface area contributed by atoms with Gasteiger partial charge >= 0.3 is 0 Å². The monoisotopic (exact) mass is 290 g/mol. The van der Waals surface area contributed by atoms with Crippen molar-refractivity contribution in [2.45, 2.75) is 6.92 Å². The normalized spacial score (nSPS) is 10.1. The topological polar surface area (TPSA) is 75.2 Å². The number of amides is 2. The third-order valence-corrected chi connectivity index (χ3v) is 3.12. The Balaban J connectivity index is 1.91. The van der Waals surface area contributed by atoms with E-state index in [1.807, 2.05) is 31.2 Å². The lowest BCUT2D eigenvalue weighted by Crippen LogP contribution is -2.35. The highest BCUT2D eigenvalue weighted by Crippen LogP contribution is 2.08. The number of nitrogens with one attached hydrogen (secondary N) is 1. The zero-order valence-electron chi connectivity index (χ0n) is 11.2. The van der Waals surface area contributed by atoms with Crippen molar-refractivity contribution in [3.05, 3.63) is 41.7 Å². The first-order valence-corrected chi connectivity index (χ1v) is 6.69. The largest absolute Gasteiger partial charge is 0.331 e. The molecule has 1 heterocycles. The van der Waals surface area contributed by atoms with Crippen molar-refractivity contribution in [3.63, 3.8) is 0 Å². The van der Waals surface area contributed by atoms with Gasteiger partial charge in [-0.3, -0.25) is 9.59 Å². The Labute approximate surface area is 120 Å². The van der Waals surface area contributed by atoms with Crippen LogP contribution < -0.4 is 5.32 Å². The lowest BCUT2D eigenvalue weighted by molar-refractivity contribution is -0.116. The molecule has 0 saturated carbocycles. The molecule has 0 aliphatic rings. The number of nitrogens with zero attached hydrogens (tertiary/aromatic N) is 3. The molecule has 2 rings (SSSR count). The molecule has 0 aliphatic heterocycles. The van der Waals surface area contributed by atoms with Gasteiger partial charge in [0.1, 0.15) is 0 Å². The summed E-state index contributed by atoms with van der Waals surface area (Å²) < 4.78 is 7.61. The van der Waals surface area contributed by atoms with Crippen LogP contribution in [0.3, 0.4) is 0 Å². The van der Waals surface area contributed by atoms with E-state index in [4.69, 9.17) is 0 Å². The Hall–Kier alpha value is -2.28. The highest BCUT2D eigenvalue weighted by Gasteiger charge is 2.17. The second-order valence-corrected chi connectivity index (χ2v) is 4.92. The van der Waals surface area contributed by atoms with Crippen LogP contribution in [0.4, 0.5) is 5.69 Å². The lowest BCUT2D eigenvalue weighted by Gasteiger charge is -2.15. The summed E-state index contributed by atoms with van der Waals surface area (Å²) in [6, 6.07) is 7.45. The van der Waals surface area contributed by atoms with Crippen LogP contribution in [0.2, 0.25) is 0 Å². The van der Waals surface area contributed by atoms with Crippen LogP contribution in [0.5, 0.6) is 0 Å². The highest BCUT2D eigenvalue weighted by molar-refractivity contribution is 6.99. The fourth-order valence-electron chi connectivity index (χ4n) is 1.58. The SMILES string of the molecule is Cc1ccc(NC(=O)CN(C)C(=O)c2cnsn2)cc1. The summed E-state index contributed by atoms with van der Waals surface area (Å²) in [7, 11) is 1.55. The Morgan fingerprint density at radius 3 is 2.60 bits per heavy atom. The summed E-state index contributed by atoms with van der Waals surface area (Å²) >= 11 is 0.960. The maximum absolute atomic E-state index is 11.9. The van der Waals surface area contributed by atoms with Gasteiger partial charge in [-0.05, 0) is 19.1 Å². The number of rotatable bonds is 4. The van der Waals surface area contributed by atoms with E-state index in [1.165, 1.54) is 11.1 Å². The van der Waals surface area contributed by atoms with E-state index in [0.29, 0.717) is 5.69 Å². The lowest BCUT2D eigenvalue weighted by atomic mass is 10.2. The van der Waals surface area contributed by atoms with Gasteiger partial charge in [-0.25, -0.2) is 0 Å². The minimum Gasteiger partial charge on any atom is -0.331 e. The van der Waals surface area contributed by atoms with Gasteiger partial charge in [-0.1, -0.05) is 17.7 Å². The molecule has 1 aromatic carbocycles. The average molecular weight is 290 g/mol. The fraction of sp³-hybridized carbons (Fsp3) is 0.231. The van der Waals surface area contributed by atoms with Crippen LogP contribution in [0.25, 0.3) is 0 Å². The number of aryl methyl sites for hydroxylation is 1. The number of hydrogen-bond donors (Lipinski definition) is 1. The molecule has 2 amide bonds. The predicted octanol–water partition coefficient (Wildman–Crippen LogP) is 1.56. The molecule has 104 valence electrons. The molecule has 2 aromatic rings. The van der Waals surface area contributed by atoms with Gasteiger partial charge in [0.05, 0.1) is 24.5 Å². The zero-order chi connectivity index (χ0) is 14.5. The molecule has 0 radical (unpaired) electrons. The number of hydrogen-bond acceptors (Lipinski definition) is 5. The maximum atomic E-state index is 11.9. The third-order valence-electron chi connectivity index (χ3n) is 2.64. The smallest absolute Gasteiger partial charge is 0.275 e. The summed E-state index contributed by atoms with van der Waals surface area (Å²) in [5.41, 5.74) is 2.07. The predicted molar refractivity (Wildman–Crippen MR) is 76.7 cm³/mol. The molecule has 1 N–H and O–H groups in total. The van der Waals surface area contributed by atoms with E-state index in [2.05, 4.69) is 14.1 Å². The standard InChI is InChI=1S/C13H14N4O2S/c1-9-3-5-10(6-4-9)15-12(18)8-17(2)13(19)11-7-14-20-16-11/h3-7H,8H2,1-2H3,(H,15,18). The number of aromatic nitrogens is 2. The number of carbonyl (C=O) groups excluding carboxylic acids is 2. The summed E-state index contributed by atoms with van der Waals surface area (Å²) in [5.74, 6) is -0.578.